The number of allylic oxidation sites excluding steroid dienone is 1. The molecule has 1 atom stereocenters. The van der Waals surface area contributed by atoms with Crippen LogP contribution in [0.15, 0.2) is 17.4 Å². The van der Waals surface area contributed by atoms with E-state index in [-0.39, 0.29) is 11.7 Å². The lowest BCUT2D eigenvalue weighted by molar-refractivity contribution is -0.118. The SMILES string of the molecule is CCC(C)=C=CC(C)C(C)=O. The Kier molecular flexibility index (Phi) is 4.56. The molecule has 0 aromatic rings. The molecule has 0 spiro atoms. The van der Waals surface area contributed by atoms with Gasteiger partial charge in [0.15, 0.2) is 0 Å². The zero-order chi connectivity index (χ0) is 8.85. The Morgan fingerprint density at radius 1 is 1.55 bits per heavy atom. The first-order valence-corrected chi connectivity index (χ1v) is 4.00. The summed E-state index contributed by atoms with van der Waals surface area (Å²) in [5.41, 5.74) is 4.28. The van der Waals surface area contributed by atoms with E-state index in [2.05, 4.69) is 12.7 Å². The molecule has 0 fully saturated rings. The van der Waals surface area contributed by atoms with Gasteiger partial charge in [-0.25, -0.2) is 0 Å². The van der Waals surface area contributed by atoms with Crippen molar-refractivity contribution in [1.29, 1.82) is 0 Å². The third-order valence-corrected chi connectivity index (χ3v) is 1.75. The number of hydrogen-bond donors (Lipinski definition) is 0. The maximum absolute atomic E-state index is 10.8. The van der Waals surface area contributed by atoms with Crippen molar-refractivity contribution in [2.45, 2.75) is 34.1 Å². The van der Waals surface area contributed by atoms with Crippen molar-refractivity contribution in [3.63, 3.8) is 0 Å². The van der Waals surface area contributed by atoms with E-state index in [1.165, 1.54) is 5.57 Å². The molecular formula is C10H16O. The standard InChI is InChI=1S/C10H16O/c1-5-8(2)6-7-9(3)10(4)11/h7,9H,5H2,1-4H3. The predicted octanol–water partition coefficient (Wildman–Crippen LogP) is 2.72. The van der Waals surface area contributed by atoms with E-state index in [0.717, 1.165) is 6.42 Å². The fourth-order valence-electron chi connectivity index (χ4n) is 0.487. The molecule has 0 amide bonds. The summed E-state index contributed by atoms with van der Waals surface area (Å²) in [5, 5.41) is 0. The molecule has 0 aromatic carbocycles. The molecule has 0 rings (SSSR count). The van der Waals surface area contributed by atoms with Gasteiger partial charge in [-0.3, -0.25) is 4.79 Å². The molecule has 0 saturated heterocycles. The smallest absolute Gasteiger partial charge is 0.137 e. The van der Waals surface area contributed by atoms with Crippen molar-refractivity contribution in [3.8, 4) is 0 Å². The molecule has 0 heterocycles. The summed E-state index contributed by atoms with van der Waals surface area (Å²) in [5.74, 6) is 0.206. The maximum atomic E-state index is 10.8. The highest BCUT2D eigenvalue weighted by Gasteiger charge is 2.00. The molecule has 0 N–H and O–H groups in total. The minimum absolute atomic E-state index is 0.0106. The monoisotopic (exact) mass is 152 g/mol. The minimum atomic E-state index is 0.0106. The molecule has 62 valence electrons. The van der Waals surface area contributed by atoms with Gasteiger partial charge in [-0.15, -0.1) is 5.73 Å². The van der Waals surface area contributed by atoms with Gasteiger partial charge in [-0.2, -0.15) is 0 Å². The third-order valence-electron chi connectivity index (χ3n) is 1.75. The average Bonchev–Trinajstić information content (AvgIpc) is 1.99. The van der Waals surface area contributed by atoms with E-state index in [0.29, 0.717) is 0 Å². The highest BCUT2D eigenvalue weighted by Crippen LogP contribution is 2.00. The normalized spacial score (nSPS) is 11.6. The van der Waals surface area contributed by atoms with Gasteiger partial charge in [0.2, 0.25) is 0 Å². The van der Waals surface area contributed by atoms with Crippen LogP contribution in [0.25, 0.3) is 0 Å². The van der Waals surface area contributed by atoms with Crippen LogP contribution < -0.4 is 0 Å². The van der Waals surface area contributed by atoms with Crippen LogP contribution in [0.5, 0.6) is 0 Å². The second-order valence-corrected chi connectivity index (χ2v) is 2.84. The van der Waals surface area contributed by atoms with Gasteiger partial charge in [0.05, 0.1) is 0 Å². The Labute approximate surface area is 68.8 Å². The molecular weight excluding hydrogens is 136 g/mol. The van der Waals surface area contributed by atoms with Crippen LogP contribution in [0.4, 0.5) is 0 Å². The zero-order valence-electron chi connectivity index (χ0n) is 7.77. The van der Waals surface area contributed by atoms with Crippen molar-refractivity contribution in [2.75, 3.05) is 0 Å². The van der Waals surface area contributed by atoms with Crippen LogP contribution in [-0.4, -0.2) is 5.78 Å². The first-order chi connectivity index (χ1) is 5.07. The van der Waals surface area contributed by atoms with Crippen LogP contribution in [-0.2, 0) is 4.79 Å². The van der Waals surface area contributed by atoms with Crippen molar-refractivity contribution in [3.05, 3.63) is 17.4 Å². The van der Waals surface area contributed by atoms with Gasteiger partial charge in [0.1, 0.15) is 5.78 Å². The molecule has 0 saturated carbocycles. The third kappa shape index (κ3) is 4.58. The van der Waals surface area contributed by atoms with E-state index >= 15 is 0 Å². The Morgan fingerprint density at radius 3 is 2.45 bits per heavy atom. The first-order valence-electron chi connectivity index (χ1n) is 4.00. The van der Waals surface area contributed by atoms with Gasteiger partial charge >= 0.3 is 0 Å². The van der Waals surface area contributed by atoms with Crippen molar-refractivity contribution in [1.82, 2.24) is 0 Å². The molecule has 0 aliphatic carbocycles. The largest absolute Gasteiger partial charge is 0.299 e. The lowest BCUT2D eigenvalue weighted by Gasteiger charge is -1.95. The number of ketones is 1. The highest BCUT2D eigenvalue weighted by atomic mass is 16.1. The Balaban J connectivity index is 4.22. The molecule has 1 nitrogen and oxygen atoms in total. The van der Waals surface area contributed by atoms with Crippen LogP contribution >= 0.6 is 0 Å². The number of carbonyl (C=O) groups is 1. The topological polar surface area (TPSA) is 17.1 Å². The molecule has 11 heavy (non-hydrogen) atoms. The number of carbonyl (C=O) groups excluding carboxylic acids is 1. The van der Waals surface area contributed by atoms with Gasteiger partial charge < -0.3 is 0 Å². The molecule has 0 aromatic heterocycles. The van der Waals surface area contributed by atoms with Gasteiger partial charge in [0, 0.05) is 5.92 Å². The quantitative estimate of drug-likeness (QED) is 0.568. The second kappa shape index (κ2) is 4.92. The number of hydrogen-bond acceptors (Lipinski definition) is 1. The summed E-state index contributed by atoms with van der Waals surface area (Å²) in [7, 11) is 0. The van der Waals surface area contributed by atoms with Crippen molar-refractivity contribution >= 4 is 5.78 Å². The average molecular weight is 152 g/mol. The molecule has 0 bridgehead atoms. The zero-order valence-corrected chi connectivity index (χ0v) is 7.77. The van der Waals surface area contributed by atoms with E-state index in [9.17, 15) is 4.79 Å². The fourth-order valence-corrected chi connectivity index (χ4v) is 0.487. The van der Waals surface area contributed by atoms with Gasteiger partial charge in [0.25, 0.3) is 0 Å². The van der Waals surface area contributed by atoms with Crippen molar-refractivity contribution < 1.29 is 4.79 Å². The molecule has 1 heteroatoms. The molecule has 0 aliphatic heterocycles. The van der Waals surface area contributed by atoms with E-state index in [1.54, 1.807) is 6.92 Å². The molecule has 0 aliphatic rings. The minimum Gasteiger partial charge on any atom is -0.299 e. The first kappa shape index (κ1) is 10.2. The Morgan fingerprint density at radius 2 is 2.09 bits per heavy atom. The second-order valence-electron chi connectivity index (χ2n) is 2.84. The van der Waals surface area contributed by atoms with E-state index < -0.39 is 0 Å². The van der Waals surface area contributed by atoms with Crippen LogP contribution in [0.2, 0.25) is 0 Å². The molecule has 0 radical (unpaired) electrons. The fraction of sp³-hybridized carbons (Fsp3) is 0.600. The summed E-state index contributed by atoms with van der Waals surface area (Å²) in [4.78, 5) is 10.8. The van der Waals surface area contributed by atoms with Crippen LogP contribution in [0.1, 0.15) is 34.1 Å². The van der Waals surface area contributed by atoms with Gasteiger partial charge in [-0.05, 0) is 31.9 Å². The highest BCUT2D eigenvalue weighted by molar-refractivity contribution is 5.79. The summed E-state index contributed by atoms with van der Waals surface area (Å²) in [6.07, 6.45) is 2.84. The summed E-state index contributed by atoms with van der Waals surface area (Å²) < 4.78 is 0. The summed E-state index contributed by atoms with van der Waals surface area (Å²) in [6.45, 7) is 7.58. The number of rotatable bonds is 3. The van der Waals surface area contributed by atoms with Crippen molar-refractivity contribution in [2.24, 2.45) is 5.92 Å². The Bertz CT molecular complexity index is 195. The molecule has 1 unspecified atom stereocenters. The Hall–Kier alpha value is -0.810. The van der Waals surface area contributed by atoms with E-state index in [1.807, 2.05) is 19.9 Å². The lowest BCUT2D eigenvalue weighted by Crippen LogP contribution is -2.01. The van der Waals surface area contributed by atoms with Gasteiger partial charge in [-0.1, -0.05) is 13.8 Å². The summed E-state index contributed by atoms with van der Waals surface area (Å²) >= 11 is 0. The predicted molar refractivity (Wildman–Crippen MR) is 47.4 cm³/mol. The van der Waals surface area contributed by atoms with Crippen LogP contribution in [0, 0.1) is 5.92 Å². The van der Waals surface area contributed by atoms with Crippen LogP contribution in [0.3, 0.4) is 0 Å². The number of Topliss-reactive ketones (excluding diaryl/α,β-unsaturated/α-hetero) is 1. The maximum Gasteiger partial charge on any atom is 0.137 e. The summed E-state index contributed by atoms with van der Waals surface area (Å²) in [6, 6.07) is 0. The van der Waals surface area contributed by atoms with E-state index in [4.69, 9.17) is 0 Å². The lowest BCUT2D eigenvalue weighted by atomic mass is 10.1.